The van der Waals surface area contributed by atoms with Crippen molar-refractivity contribution in [1.29, 1.82) is 0 Å². The number of fused-ring (bicyclic) bond motifs is 1. The zero-order chi connectivity index (χ0) is 14.4. The highest BCUT2D eigenvalue weighted by molar-refractivity contribution is 14.1. The molecule has 0 amide bonds. The Hall–Kier alpha value is -0.550. The molecule has 0 fully saturated rings. The number of ether oxygens (including phenoxy) is 1. The van der Waals surface area contributed by atoms with Gasteiger partial charge in [-0.05, 0) is 53.5 Å². The van der Waals surface area contributed by atoms with E-state index in [1.807, 2.05) is 0 Å². The maximum Gasteiger partial charge on any atom is 0.122 e. The van der Waals surface area contributed by atoms with Crippen molar-refractivity contribution < 1.29 is 4.74 Å². The van der Waals surface area contributed by atoms with Crippen molar-refractivity contribution in [1.82, 2.24) is 4.90 Å². The minimum Gasteiger partial charge on any atom is -0.496 e. The van der Waals surface area contributed by atoms with Gasteiger partial charge in [0.1, 0.15) is 5.75 Å². The van der Waals surface area contributed by atoms with Crippen LogP contribution in [-0.2, 0) is 12.8 Å². The van der Waals surface area contributed by atoms with Crippen LogP contribution in [0.3, 0.4) is 0 Å². The van der Waals surface area contributed by atoms with E-state index in [1.165, 1.54) is 30.5 Å². The van der Waals surface area contributed by atoms with Gasteiger partial charge in [0.25, 0.3) is 0 Å². The predicted octanol–water partition coefficient (Wildman–Crippen LogP) is 4.21. The van der Waals surface area contributed by atoms with E-state index < -0.39 is 0 Å². The molecule has 1 aromatic carbocycles. The Morgan fingerprint density at radius 1 is 1.45 bits per heavy atom. The largest absolute Gasteiger partial charge is 0.496 e. The maximum atomic E-state index is 5.49. The third-order valence-corrected chi connectivity index (χ3v) is 4.60. The summed E-state index contributed by atoms with van der Waals surface area (Å²) in [6, 6.07) is 7.14. The lowest BCUT2D eigenvalue weighted by Crippen LogP contribution is -2.40. The Kier molecular flexibility index (Phi) is 6.36. The van der Waals surface area contributed by atoms with Gasteiger partial charge in [0.05, 0.1) is 7.11 Å². The second kappa shape index (κ2) is 8.03. The fraction of sp³-hybridized carbons (Fsp3) is 0.529. The second-order valence-electron chi connectivity index (χ2n) is 5.35. The molecule has 2 rings (SSSR count). The van der Waals surface area contributed by atoms with Crippen molar-refractivity contribution in [3.8, 4) is 5.75 Å². The van der Waals surface area contributed by atoms with Crippen LogP contribution in [-0.4, -0.2) is 31.1 Å². The van der Waals surface area contributed by atoms with E-state index in [1.54, 1.807) is 7.11 Å². The lowest BCUT2D eigenvalue weighted by atomic mass is 9.86. The molecule has 0 radical (unpaired) electrons. The van der Waals surface area contributed by atoms with Crippen LogP contribution >= 0.6 is 22.6 Å². The van der Waals surface area contributed by atoms with Gasteiger partial charge in [-0.25, -0.2) is 0 Å². The minimum absolute atomic E-state index is 0.669. The summed E-state index contributed by atoms with van der Waals surface area (Å²) in [5.41, 5.74) is 2.90. The zero-order valence-electron chi connectivity index (χ0n) is 12.4. The Labute approximate surface area is 136 Å². The van der Waals surface area contributed by atoms with E-state index in [2.05, 4.69) is 62.8 Å². The summed E-state index contributed by atoms with van der Waals surface area (Å²) in [6.07, 6.45) is 7.01. The first-order valence-corrected chi connectivity index (χ1v) is 8.68. The number of benzene rings is 1. The highest BCUT2D eigenvalue weighted by Gasteiger charge is 2.24. The quantitative estimate of drug-likeness (QED) is 0.681. The molecule has 1 aliphatic carbocycles. The number of rotatable bonds is 6. The minimum atomic E-state index is 0.669. The summed E-state index contributed by atoms with van der Waals surface area (Å²) in [6.45, 7) is 4.52. The molecule has 0 heterocycles. The number of nitrogens with zero attached hydrogens (tertiary/aromatic N) is 1. The first-order chi connectivity index (χ1) is 9.80. The number of halogens is 1. The van der Waals surface area contributed by atoms with Crippen LogP contribution in [0.2, 0.25) is 0 Å². The van der Waals surface area contributed by atoms with Gasteiger partial charge < -0.3 is 4.74 Å². The van der Waals surface area contributed by atoms with Crippen LogP contribution in [0, 0.1) is 0 Å². The fourth-order valence-electron chi connectivity index (χ4n) is 3.14. The smallest absolute Gasteiger partial charge is 0.122 e. The van der Waals surface area contributed by atoms with E-state index >= 15 is 0 Å². The molecule has 20 heavy (non-hydrogen) atoms. The molecule has 0 spiro atoms. The molecule has 2 nitrogen and oxygen atoms in total. The van der Waals surface area contributed by atoms with Crippen LogP contribution in [0.5, 0.6) is 5.75 Å². The molecule has 3 heteroatoms. The Morgan fingerprint density at radius 3 is 3.00 bits per heavy atom. The van der Waals surface area contributed by atoms with E-state index in [9.17, 15) is 0 Å². The molecule has 0 aliphatic heterocycles. The summed E-state index contributed by atoms with van der Waals surface area (Å²) in [5.74, 6) is 1.06. The molecule has 0 saturated carbocycles. The summed E-state index contributed by atoms with van der Waals surface area (Å²) >= 11 is 2.31. The van der Waals surface area contributed by atoms with Crippen molar-refractivity contribution in [2.24, 2.45) is 0 Å². The topological polar surface area (TPSA) is 12.5 Å². The molecular formula is C17H24INO. The van der Waals surface area contributed by atoms with Crippen molar-refractivity contribution in [2.75, 3.05) is 20.2 Å². The van der Waals surface area contributed by atoms with Crippen molar-refractivity contribution >= 4 is 22.6 Å². The normalized spacial score (nSPS) is 18.5. The van der Waals surface area contributed by atoms with Gasteiger partial charge in [0.15, 0.2) is 0 Å². The van der Waals surface area contributed by atoms with Gasteiger partial charge in [-0.3, -0.25) is 4.90 Å². The Balaban J connectivity index is 2.12. The van der Waals surface area contributed by atoms with E-state index in [4.69, 9.17) is 4.74 Å². The van der Waals surface area contributed by atoms with Crippen molar-refractivity contribution in [3.63, 3.8) is 0 Å². The molecule has 0 saturated heterocycles. The van der Waals surface area contributed by atoms with Gasteiger partial charge in [-0.2, -0.15) is 0 Å². The van der Waals surface area contributed by atoms with E-state index in [0.717, 1.165) is 25.1 Å². The third-order valence-electron chi connectivity index (χ3n) is 4.09. The summed E-state index contributed by atoms with van der Waals surface area (Å²) in [4.78, 5) is 2.62. The first kappa shape index (κ1) is 15.8. The molecule has 110 valence electrons. The molecule has 0 aromatic heterocycles. The standard InChI is InChI=1S/C17H24INO/c1-3-11-19(12-5-10-18)15-8-9-16-14(13-15)6-4-7-17(16)20-2/h4-7,10,15H,3,8-9,11-13H2,1-2H3/b10-5+. The molecule has 1 aromatic rings. The van der Waals surface area contributed by atoms with Crippen molar-refractivity contribution in [2.45, 2.75) is 38.6 Å². The molecule has 0 N–H and O–H groups in total. The summed E-state index contributed by atoms with van der Waals surface area (Å²) in [5, 5.41) is 0. The van der Waals surface area contributed by atoms with Crippen LogP contribution < -0.4 is 4.74 Å². The van der Waals surface area contributed by atoms with E-state index in [-0.39, 0.29) is 0 Å². The van der Waals surface area contributed by atoms with Crippen LogP contribution in [0.25, 0.3) is 0 Å². The average molecular weight is 385 g/mol. The third kappa shape index (κ3) is 3.76. The van der Waals surface area contributed by atoms with Gasteiger partial charge in [-0.1, -0.05) is 47.7 Å². The molecule has 1 atom stereocenters. The Morgan fingerprint density at radius 2 is 2.30 bits per heavy atom. The average Bonchev–Trinajstić information content (AvgIpc) is 2.50. The van der Waals surface area contributed by atoms with Crippen LogP contribution in [0.15, 0.2) is 28.4 Å². The lowest BCUT2D eigenvalue weighted by molar-refractivity contribution is 0.198. The molecule has 1 aliphatic rings. The fourth-order valence-corrected chi connectivity index (χ4v) is 3.37. The Bertz CT molecular complexity index is 458. The summed E-state index contributed by atoms with van der Waals surface area (Å²) in [7, 11) is 1.77. The van der Waals surface area contributed by atoms with Crippen LogP contribution in [0.4, 0.5) is 0 Å². The molecular weight excluding hydrogens is 361 g/mol. The molecule has 0 bridgehead atoms. The molecule has 1 unspecified atom stereocenters. The zero-order valence-corrected chi connectivity index (χ0v) is 14.6. The highest BCUT2D eigenvalue weighted by Crippen LogP contribution is 2.31. The number of hydrogen-bond acceptors (Lipinski definition) is 2. The highest BCUT2D eigenvalue weighted by atomic mass is 127. The van der Waals surface area contributed by atoms with Crippen LogP contribution in [0.1, 0.15) is 30.9 Å². The lowest BCUT2D eigenvalue weighted by Gasteiger charge is -2.35. The number of methoxy groups -OCH3 is 1. The van der Waals surface area contributed by atoms with Crippen molar-refractivity contribution in [3.05, 3.63) is 39.5 Å². The monoisotopic (exact) mass is 385 g/mol. The first-order valence-electron chi connectivity index (χ1n) is 7.44. The number of hydrogen-bond donors (Lipinski definition) is 0. The maximum absolute atomic E-state index is 5.49. The van der Waals surface area contributed by atoms with Gasteiger partial charge in [0, 0.05) is 12.6 Å². The SMILES string of the molecule is CCCN(C/C=C/I)C1CCc2c(cccc2OC)C1. The van der Waals surface area contributed by atoms with Gasteiger partial charge in [-0.15, -0.1) is 0 Å². The van der Waals surface area contributed by atoms with Gasteiger partial charge >= 0.3 is 0 Å². The second-order valence-corrected chi connectivity index (χ2v) is 6.07. The summed E-state index contributed by atoms with van der Waals surface area (Å²) < 4.78 is 7.62. The van der Waals surface area contributed by atoms with E-state index in [0.29, 0.717) is 6.04 Å². The predicted molar refractivity (Wildman–Crippen MR) is 93.8 cm³/mol. The van der Waals surface area contributed by atoms with Gasteiger partial charge in [0.2, 0.25) is 0 Å².